The van der Waals surface area contributed by atoms with E-state index in [1.54, 1.807) is 18.2 Å². The van der Waals surface area contributed by atoms with E-state index < -0.39 is 5.97 Å². The third kappa shape index (κ3) is 4.14. The van der Waals surface area contributed by atoms with Crippen LogP contribution in [-0.4, -0.2) is 23.6 Å². The maximum atomic E-state index is 11.0. The monoisotopic (exact) mass is 237 g/mol. The highest BCUT2D eigenvalue weighted by Crippen LogP contribution is 2.26. The van der Waals surface area contributed by atoms with Crippen LogP contribution in [0.5, 0.6) is 5.75 Å². The number of amides is 1. The summed E-state index contributed by atoms with van der Waals surface area (Å²) in [5, 5.41) is 11.3. The number of carboxylic acids is 1. The van der Waals surface area contributed by atoms with E-state index in [1.807, 2.05) is 6.92 Å². The van der Waals surface area contributed by atoms with E-state index in [2.05, 4.69) is 5.32 Å². The molecule has 17 heavy (non-hydrogen) atoms. The summed E-state index contributed by atoms with van der Waals surface area (Å²) in [5.41, 5.74) is 1.11. The first-order valence-electron chi connectivity index (χ1n) is 5.28. The lowest BCUT2D eigenvalue weighted by Crippen LogP contribution is -2.09. The Kier molecular flexibility index (Phi) is 4.51. The molecule has 0 bridgehead atoms. The fourth-order valence-electron chi connectivity index (χ4n) is 1.43. The van der Waals surface area contributed by atoms with Gasteiger partial charge in [0.15, 0.2) is 0 Å². The number of carbonyl (C=O) groups excluding carboxylic acids is 1. The Hall–Kier alpha value is -2.04. The van der Waals surface area contributed by atoms with Crippen LogP contribution in [0.3, 0.4) is 0 Å². The summed E-state index contributed by atoms with van der Waals surface area (Å²) in [5.74, 6) is -0.599. The second-order valence-electron chi connectivity index (χ2n) is 3.52. The average molecular weight is 237 g/mol. The van der Waals surface area contributed by atoms with Crippen molar-refractivity contribution >= 4 is 17.6 Å². The van der Waals surface area contributed by atoms with Gasteiger partial charge < -0.3 is 15.2 Å². The maximum absolute atomic E-state index is 11.0. The fraction of sp³-hybridized carbons (Fsp3) is 0.333. The minimum absolute atomic E-state index is 0.0843. The maximum Gasteiger partial charge on any atom is 0.307 e. The van der Waals surface area contributed by atoms with Gasteiger partial charge in [0.25, 0.3) is 0 Å². The van der Waals surface area contributed by atoms with Crippen LogP contribution in [0.2, 0.25) is 0 Å². The van der Waals surface area contributed by atoms with Crippen LogP contribution in [-0.2, 0) is 16.0 Å². The molecule has 0 heterocycles. The van der Waals surface area contributed by atoms with Gasteiger partial charge in [0.1, 0.15) is 5.75 Å². The normalized spacial score (nSPS) is 9.76. The summed E-state index contributed by atoms with van der Waals surface area (Å²) in [6.07, 6.45) is -0.0843. The number of carbonyl (C=O) groups is 2. The molecule has 0 radical (unpaired) electrons. The van der Waals surface area contributed by atoms with E-state index in [9.17, 15) is 9.59 Å². The van der Waals surface area contributed by atoms with Crippen LogP contribution < -0.4 is 10.1 Å². The molecule has 1 rings (SSSR count). The number of anilines is 1. The van der Waals surface area contributed by atoms with E-state index >= 15 is 0 Å². The number of rotatable bonds is 5. The molecular formula is C12H15NO4. The van der Waals surface area contributed by atoms with Gasteiger partial charge in [-0.1, -0.05) is 6.07 Å². The molecule has 0 aliphatic heterocycles. The Morgan fingerprint density at radius 3 is 2.65 bits per heavy atom. The van der Waals surface area contributed by atoms with Crippen molar-refractivity contribution in [2.24, 2.45) is 0 Å². The van der Waals surface area contributed by atoms with Gasteiger partial charge in [0, 0.05) is 6.92 Å². The average Bonchev–Trinajstić information content (AvgIpc) is 2.20. The van der Waals surface area contributed by atoms with Crippen LogP contribution in [0.4, 0.5) is 5.69 Å². The highest BCUT2D eigenvalue weighted by Gasteiger charge is 2.08. The summed E-state index contributed by atoms with van der Waals surface area (Å²) in [6.45, 7) is 3.70. The molecule has 0 unspecified atom stereocenters. The van der Waals surface area contributed by atoms with Gasteiger partial charge >= 0.3 is 5.97 Å². The summed E-state index contributed by atoms with van der Waals surface area (Å²) in [4.78, 5) is 21.6. The first kappa shape index (κ1) is 13.0. The molecule has 0 fully saturated rings. The summed E-state index contributed by atoms with van der Waals surface area (Å²) in [7, 11) is 0. The van der Waals surface area contributed by atoms with Gasteiger partial charge in [-0.15, -0.1) is 0 Å². The highest BCUT2D eigenvalue weighted by atomic mass is 16.5. The van der Waals surface area contributed by atoms with Crippen molar-refractivity contribution in [3.63, 3.8) is 0 Å². The zero-order valence-corrected chi connectivity index (χ0v) is 9.82. The summed E-state index contributed by atoms with van der Waals surface area (Å²) < 4.78 is 5.34. The number of benzene rings is 1. The molecule has 0 saturated carbocycles. The standard InChI is InChI=1S/C12H15NO4/c1-3-17-11-5-4-9(7-12(15)16)6-10(11)13-8(2)14/h4-6H,3,7H2,1-2H3,(H,13,14)(H,15,16). The Labute approximate surface area is 99.4 Å². The molecule has 5 heteroatoms. The van der Waals surface area contributed by atoms with Crippen molar-refractivity contribution in [2.45, 2.75) is 20.3 Å². The number of hydrogen-bond acceptors (Lipinski definition) is 3. The largest absolute Gasteiger partial charge is 0.492 e. The van der Waals surface area contributed by atoms with Crippen molar-refractivity contribution in [2.75, 3.05) is 11.9 Å². The Balaban J connectivity index is 3.00. The molecule has 5 nitrogen and oxygen atoms in total. The highest BCUT2D eigenvalue weighted by molar-refractivity contribution is 5.90. The third-order valence-corrected chi connectivity index (χ3v) is 2.01. The van der Waals surface area contributed by atoms with Gasteiger partial charge in [0.2, 0.25) is 5.91 Å². The Morgan fingerprint density at radius 2 is 2.12 bits per heavy atom. The summed E-state index contributed by atoms with van der Waals surface area (Å²) >= 11 is 0. The van der Waals surface area contributed by atoms with E-state index in [4.69, 9.17) is 9.84 Å². The number of ether oxygens (including phenoxy) is 1. The Bertz CT molecular complexity index is 429. The molecule has 1 aromatic rings. The molecule has 1 amide bonds. The molecule has 0 aliphatic rings. The van der Waals surface area contributed by atoms with Crippen molar-refractivity contribution in [1.82, 2.24) is 0 Å². The first-order chi connectivity index (χ1) is 8.02. The number of aliphatic carboxylic acids is 1. The van der Waals surface area contributed by atoms with E-state index in [-0.39, 0.29) is 12.3 Å². The van der Waals surface area contributed by atoms with Crippen LogP contribution in [0.25, 0.3) is 0 Å². The predicted octanol–water partition coefficient (Wildman–Crippen LogP) is 1.67. The lowest BCUT2D eigenvalue weighted by atomic mass is 10.1. The van der Waals surface area contributed by atoms with Crippen molar-refractivity contribution < 1.29 is 19.4 Å². The quantitative estimate of drug-likeness (QED) is 0.816. The van der Waals surface area contributed by atoms with E-state index in [0.717, 1.165) is 0 Å². The van der Waals surface area contributed by atoms with Crippen molar-refractivity contribution in [1.29, 1.82) is 0 Å². The van der Waals surface area contributed by atoms with Crippen LogP contribution in [0.1, 0.15) is 19.4 Å². The zero-order valence-electron chi connectivity index (χ0n) is 9.82. The number of nitrogens with one attached hydrogen (secondary N) is 1. The lowest BCUT2D eigenvalue weighted by Gasteiger charge is -2.11. The van der Waals surface area contributed by atoms with Crippen LogP contribution >= 0.6 is 0 Å². The van der Waals surface area contributed by atoms with Crippen molar-refractivity contribution in [3.05, 3.63) is 23.8 Å². The van der Waals surface area contributed by atoms with Gasteiger partial charge in [0.05, 0.1) is 18.7 Å². The fourth-order valence-corrected chi connectivity index (χ4v) is 1.43. The third-order valence-electron chi connectivity index (χ3n) is 2.01. The van der Waals surface area contributed by atoms with Crippen LogP contribution in [0, 0.1) is 0 Å². The second-order valence-corrected chi connectivity index (χ2v) is 3.52. The van der Waals surface area contributed by atoms with Gasteiger partial charge in [-0.05, 0) is 24.6 Å². The molecule has 2 N–H and O–H groups in total. The molecule has 0 atom stereocenters. The molecule has 92 valence electrons. The number of hydrogen-bond donors (Lipinski definition) is 2. The first-order valence-corrected chi connectivity index (χ1v) is 5.28. The Morgan fingerprint density at radius 1 is 1.41 bits per heavy atom. The minimum Gasteiger partial charge on any atom is -0.492 e. The molecular weight excluding hydrogens is 222 g/mol. The minimum atomic E-state index is -0.914. The molecule has 0 spiro atoms. The topological polar surface area (TPSA) is 75.6 Å². The van der Waals surface area contributed by atoms with Crippen LogP contribution in [0.15, 0.2) is 18.2 Å². The molecule has 1 aromatic carbocycles. The van der Waals surface area contributed by atoms with Gasteiger partial charge in [-0.2, -0.15) is 0 Å². The second kappa shape index (κ2) is 5.89. The van der Waals surface area contributed by atoms with Gasteiger partial charge in [-0.25, -0.2) is 0 Å². The SMILES string of the molecule is CCOc1ccc(CC(=O)O)cc1NC(C)=O. The predicted molar refractivity (Wildman–Crippen MR) is 63.3 cm³/mol. The smallest absolute Gasteiger partial charge is 0.307 e. The molecule has 0 saturated heterocycles. The van der Waals surface area contributed by atoms with Crippen molar-refractivity contribution in [3.8, 4) is 5.75 Å². The van der Waals surface area contributed by atoms with E-state index in [0.29, 0.717) is 23.6 Å². The van der Waals surface area contributed by atoms with Gasteiger partial charge in [-0.3, -0.25) is 9.59 Å². The molecule has 0 aromatic heterocycles. The van der Waals surface area contributed by atoms with E-state index in [1.165, 1.54) is 6.92 Å². The zero-order chi connectivity index (χ0) is 12.8. The molecule has 0 aliphatic carbocycles. The summed E-state index contributed by atoms with van der Waals surface area (Å²) in [6, 6.07) is 4.94. The number of carboxylic acid groups (broad SMARTS) is 1. The lowest BCUT2D eigenvalue weighted by molar-refractivity contribution is -0.136.